The smallest absolute Gasteiger partial charge is 0.153 e. The van der Waals surface area contributed by atoms with Crippen LogP contribution in [0.15, 0.2) is 66.7 Å². The molecule has 34 heavy (non-hydrogen) atoms. The molecule has 0 radical (unpaired) electrons. The van der Waals surface area contributed by atoms with Gasteiger partial charge in [0.1, 0.15) is 30.1 Å². The zero-order chi connectivity index (χ0) is 23.3. The fraction of sp³-hybridized carbons (Fsp3) is 0.250. The molecule has 1 aliphatic heterocycles. The number of hydrogen-bond acceptors (Lipinski definition) is 6. The molecule has 0 amide bonds. The summed E-state index contributed by atoms with van der Waals surface area (Å²) in [7, 11) is 0. The molecular weight excluding hydrogens is 446 g/mol. The van der Waals surface area contributed by atoms with Gasteiger partial charge in [0, 0.05) is 22.2 Å². The van der Waals surface area contributed by atoms with E-state index in [1.165, 1.54) is 32.4 Å². The molecule has 0 saturated carbocycles. The average Bonchev–Trinajstić information content (AvgIpc) is 3.23. The SMILES string of the molecule is O=Cc1ccc(-c2sc3cc(O)ccc3c2Oc2ccc(OCCN3CCCCC3)cc2)cc1. The van der Waals surface area contributed by atoms with E-state index in [0.29, 0.717) is 17.9 Å². The Bertz CT molecular complexity index is 1260. The average molecular weight is 474 g/mol. The molecule has 1 saturated heterocycles. The van der Waals surface area contributed by atoms with Gasteiger partial charge in [0.05, 0.1) is 4.88 Å². The normalized spacial score (nSPS) is 14.2. The van der Waals surface area contributed by atoms with Gasteiger partial charge in [-0.2, -0.15) is 0 Å². The van der Waals surface area contributed by atoms with Crippen molar-refractivity contribution >= 4 is 27.7 Å². The number of fused-ring (bicyclic) bond motifs is 1. The van der Waals surface area contributed by atoms with Crippen molar-refractivity contribution in [3.8, 4) is 33.4 Å². The molecule has 1 fully saturated rings. The molecule has 4 aromatic rings. The monoisotopic (exact) mass is 473 g/mol. The Morgan fingerprint density at radius 1 is 0.912 bits per heavy atom. The highest BCUT2D eigenvalue weighted by Crippen LogP contribution is 2.47. The molecule has 1 aliphatic rings. The number of piperidine rings is 1. The van der Waals surface area contributed by atoms with Gasteiger partial charge in [-0.1, -0.05) is 30.7 Å². The number of likely N-dealkylation sites (tertiary alicyclic amines) is 1. The molecule has 0 spiro atoms. The Balaban J connectivity index is 1.34. The van der Waals surface area contributed by atoms with Gasteiger partial charge in [-0.05, 0) is 74.0 Å². The standard InChI is InChI=1S/C28H27NO4S/c30-19-20-4-6-21(7-5-20)28-27(25-13-8-22(31)18-26(25)34-28)33-24-11-9-23(10-12-24)32-17-16-29-14-2-1-3-15-29/h4-13,18-19,31H,1-3,14-17H2. The summed E-state index contributed by atoms with van der Waals surface area (Å²) in [6, 6.07) is 20.4. The molecular formula is C28H27NO4S. The Hall–Kier alpha value is -3.35. The lowest BCUT2D eigenvalue weighted by Gasteiger charge is -2.26. The van der Waals surface area contributed by atoms with Crippen molar-refractivity contribution in [3.05, 3.63) is 72.3 Å². The van der Waals surface area contributed by atoms with Crippen molar-refractivity contribution < 1.29 is 19.4 Å². The topological polar surface area (TPSA) is 59.0 Å². The molecule has 174 valence electrons. The highest BCUT2D eigenvalue weighted by atomic mass is 32.1. The quantitative estimate of drug-likeness (QED) is 0.287. The number of phenolic OH excluding ortho intramolecular Hbond substituents is 1. The van der Waals surface area contributed by atoms with Gasteiger partial charge in [0.15, 0.2) is 5.75 Å². The van der Waals surface area contributed by atoms with E-state index < -0.39 is 0 Å². The number of rotatable bonds is 8. The summed E-state index contributed by atoms with van der Waals surface area (Å²) >= 11 is 1.55. The van der Waals surface area contributed by atoms with E-state index in [4.69, 9.17) is 9.47 Å². The minimum atomic E-state index is 0.217. The molecule has 3 aromatic carbocycles. The number of benzene rings is 3. The van der Waals surface area contributed by atoms with Crippen LogP contribution in [0.3, 0.4) is 0 Å². The Kier molecular flexibility index (Phi) is 6.79. The summed E-state index contributed by atoms with van der Waals surface area (Å²) in [5.74, 6) is 2.49. The summed E-state index contributed by atoms with van der Waals surface area (Å²) in [4.78, 5) is 14.5. The van der Waals surface area contributed by atoms with E-state index in [1.807, 2.05) is 42.5 Å². The largest absolute Gasteiger partial charge is 0.508 e. The predicted molar refractivity (Wildman–Crippen MR) is 137 cm³/mol. The maximum Gasteiger partial charge on any atom is 0.153 e. The lowest BCUT2D eigenvalue weighted by molar-refractivity contribution is 0.112. The second-order valence-corrected chi connectivity index (χ2v) is 9.56. The molecule has 0 aliphatic carbocycles. The summed E-state index contributed by atoms with van der Waals surface area (Å²) in [5, 5.41) is 10.9. The maximum atomic E-state index is 11.1. The maximum absolute atomic E-state index is 11.1. The van der Waals surface area contributed by atoms with Gasteiger partial charge in [0.2, 0.25) is 0 Å². The highest BCUT2D eigenvalue weighted by Gasteiger charge is 2.17. The Labute approximate surface area is 203 Å². The van der Waals surface area contributed by atoms with Crippen molar-refractivity contribution in [2.45, 2.75) is 19.3 Å². The van der Waals surface area contributed by atoms with Gasteiger partial charge >= 0.3 is 0 Å². The third kappa shape index (κ3) is 5.08. The van der Waals surface area contributed by atoms with Crippen LogP contribution < -0.4 is 9.47 Å². The fourth-order valence-electron chi connectivity index (χ4n) is 4.26. The lowest BCUT2D eigenvalue weighted by atomic mass is 10.1. The number of carbonyl (C=O) groups excluding carboxylic acids is 1. The fourth-order valence-corrected chi connectivity index (χ4v) is 5.43. The van der Waals surface area contributed by atoms with Crippen LogP contribution in [-0.4, -0.2) is 42.5 Å². The van der Waals surface area contributed by atoms with E-state index in [-0.39, 0.29) is 5.75 Å². The Morgan fingerprint density at radius 2 is 1.65 bits per heavy atom. The van der Waals surface area contributed by atoms with E-state index >= 15 is 0 Å². The van der Waals surface area contributed by atoms with Gasteiger partial charge in [-0.3, -0.25) is 9.69 Å². The van der Waals surface area contributed by atoms with Gasteiger partial charge in [-0.15, -0.1) is 11.3 Å². The van der Waals surface area contributed by atoms with Crippen LogP contribution in [0, 0.1) is 0 Å². The van der Waals surface area contributed by atoms with Crippen molar-refractivity contribution in [1.29, 1.82) is 0 Å². The minimum absolute atomic E-state index is 0.217. The second kappa shape index (κ2) is 10.3. The minimum Gasteiger partial charge on any atom is -0.508 e. The van der Waals surface area contributed by atoms with Crippen LogP contribution in [0.1, 0.15) is 29.6 Å². The summed E-state index contributed by atoms with van der Waals surface area (Å²) in [6.07, 6.45) is 4.74. The van der Waals surface area contributed by atoms with Crippen molar-refractivity contribution in [2.24, 2.45) is 0 Å². The van der Waals surface area contributed by atoms with Crippen LogP contribution >= 0.6 is 11.3 Å². The molecule has 1 aromatic heterocycles. The first-order valence-corrected chi connectivity index (χ1v) is 12.5. The molecule has 1 N–H and O–H groups in total. The number of carbonyl (C=O) groups is 1. The third-order valence-corrected chi connectivity index (χ3v) is 7.29. The number of thiophene rings is 1. The number of hydrogen-bond donors (Lipinski definition) is 1. The highest BCUT2D eigenvalue weighted by molar-refractivity contribution is 7.22. The lowest BCUT2D eigenvalue weighted by Crippen LogP contribution is -2.33. The van der Waals surface area contributed by atoms with Gasteiger partial charge in [0.25, 0.3) is 0 Å². The number of nitrogens with zero attached hydrogens (tertiary/aromatic N) is 1. The molecule has 0 atom stereocenters. The van der Waals surface area contributed by atoms with Crippen LogP contribution in [-0.2, 0) is 0 Å². The molecule has 5 rings (SSSR count). The predicted octanol–water partition coefficient (Wildman–Crippen LogP) is 6.74. The number of phenols is 1. The number of aldehydes is 1. The van der Waals surface area contributed by atoms with Gasteiger partial charge in [-0.25, -0.2) is 0 Å². The van der Waals surface area contributed by atoms with Crippen molar-refractivity contribution in [3.63, 3.8) is 0 Å². The summed E-state index contributed by atoms with van der Waals surface area (Å²) in [6.45, 7) is 3.98. The van der Waals surface area contributed by atoms with E-state index in [2.05, 4.69) is 4.90 Å². The van der Waals surface area contributed by atoms with E-state index in [0.717, 1.165) is 44.9 Å². The number of ether oxygens (including phenoxy) is 2. The first-order chi connectivity index (χ1) is 16.7. The first-order valence-electron chi connectivity index (χ1n) is 11.6. The Morgan fingerprint density at radius 3 is 2.38 bits per heavy atom. The zero-order valence-electron chi connectivity index (χ0n) is 18.9. The second-order valence-electron chi connectivity index (χ2n) is 8.50. The molecule has 0 unspecified atom stereocenters. The van der Waals surface area contributed by atoms with E-state index in [9.17, 15) is 9.90 Å². The molecule has 6 heteroatoms. The van der Waals surface area contributed by atoms with Crippen LogP contribution in [0.25, 0.3) is 20.5 Å². The van der Waals surface area contributed by atoms with Crippen molar-refractivity contribution in [1.82, 2.24) is 4.90 Å². The zero-order valence-corrected chi connectivity index (χ0v) is 19.7. The van der Waals surface area contributed by atoms with Crippen LogP contribution in [0.5, 0.6) is 23.0 Å². The summed E-state index contributed by atoms with van der Waals surface area (Å²) in [5.41, 5.74) is 1.58. The summed E-state index contributed by atoms with van der Waals surface area (Å²) < 4.78 is 13.2. The molecule has 5 nitrogen and oxygen atoms in total. The van der Waals surface area contributed by atoms with Crippen LogP contribution in [0.4, 0.5) is 0 Å². The molecule has 0 bridgehead atoms. The van der Waals surface area contributed by atoms with Crippen LogP contribution in [0.2, 0.25) is 0 Å². The third-order valence-electron chi connectivity index (χ3n) is 6.11. The van der Waals surface area contributed by atoms with Crippen molar-refractivity contribution in [2.75, 3.05) is 26.2 Å². The number of aromatic hydroxyl groups is 1. The van der Waals surface area contributed by atoms with E-state index in [1.54, 1.807) is 35.6 Å². The first kappa shape index (κ1) is 22.4. The van der Waals surface area contributed by atoms with Gasteiger partial charge < -0.3 is 14.6 Å². The molecule has 2 heterocycles.